The number of hydrazone groups is 1. The molecule has 106 valence electrons. The number of carbonyl (C=O) groups excluding carboxylic acids is 1. The third-order valence-corrected chi connectivity index (χ3v) is 3.45. The van der Waals surface area contributed by atoms with Crippen LogP contribution in [0, 0.1) is 16.0 Å². The molecule has 1 aliphatic rings. The molecule has 2 rings (SSSR count). The van der Waals surface area contributed by atoms with Crippen LogP contribution in [0.25, 0.3) is 0 Å². The third kappa shape index (κ3) is 3.88. The molecular formula is C14H17N3O3. The molecule has 0 heterocycles. The number of amides is 1. The van der Waals surface area contributed by atoms with Gasteiger partial charge in [0.25, 0.3) is 5.69 Å². The molecule has 0 aliphatic heterocycles. The molecule has 0 aromatic heterocycles. The molecule has 0 unspecified atom stereocenters. The van der Waals surface area contributed by atoms with Gasteiger partial charge in [-0.25, -0.2) is 5.43 Å². The van der Waals surface area contributed by atoms with Gasteiger partial charge in [0.2, 0.25) is 5.91 Å². The first-order valence-corrected chi connectivity index (χ1v) is 6.74. The molecule has 1 aromatic rings. The Labute approximate surface area is 117 Å². The first-order valence-electron chi connectivity index (χ1n) is 6.74. The third-order valence-electron chi connectivity index (χ3n) is 3.45. The van der Waals surface area contributed by atoms with Gasteiger partial charge in [0, 0.05) is 23.6 Å². The molecule has 0 atom stereocenters. The minimum atomic E-state index is -0.460. The Balaban J connectivity index is 1.91. The predicted octanol–water partition coefficient (Wildman–Crippen LogP) is 2.63. The Morgan fingerprint density at radius 3 is 2.80 bits per heavy atom. The van der Waals surface area contributed by atoms with E-state index in [0.717, 1.165) is 25.7 Å². The van der Waals surface area contributed by atoms with Crippen molar-refractivity contribution in [1.29, 1.82) is 0 Å². The second-order valence-electron chi connectivity index (χ2n) is 4.92. The summed E-state index contributed by atoms with van der Waals surface area (Å²) in [5, 5.41) is 14.5. The first-order chi connectivity index (χ1) is 9.66. The SMILES string of the molecule is O=C(N/N=C\c1cccc([N+](=O)[O-])c1)C1CCCCC1. The van der Waals surface area contributed by atoms with E-state index in [4.69, 9.17) is 0 Å². The van der Waals surface area contributed by atoms with Crippen molar-refractivity contribution >= 4 is 17.8 Å². The zero-order valence-corrected chi connectivity index (χ0v) is 11.1. The summed E-state index contributed by atoms with van der Waals surface area (Å²) in [4.78, 5) is 22.0. The first kappa shape index (κ1) is 14.2. The summed E-state index contributed by atoms with van der Waals surface area (Å²) in [5.41, 5.74) is 3.10. The largest absolute Gasteiger partial charge is 0.273 e. The number of nitrogens with one attached hydrogen (secondary N) is 1. The summed E-state index contributed by atoms with van der Waals surface area (Å²) in [7, 11) is 0. The maximum atomic E-state index is 11.8. The van der Waals surface area contributed by atoms with E-state index in [2.05, 4.69) is 10.5 Å². The van der Waals surface area contributed by atoms with Crippen molar-refractivity contribution in [1.82, 2.24) is 5.43 Å². The zero-order chi connectivity index (χ0) is 14.4. The molecule has 0 spiro atoms. The minimum absolute atomic E-state index is 0.00700. The van der Waals surface area contributed by atoms with E-state index in [1.807, 2.05) is 0 Å². The number of nitro benzene ring substituents is 1. The molecule has 6 nitrogen and oxygen atoms in total. The number of carbonyl (C=O) groups is 1. The van der Waals surface area contributed by atoms with Crippen molar-refractivity contribution in [3.05, 3.63) is 39.9 Å². The molecule has 1 amide bonds. The van der Waals surface area contributed by atoms with Gasteiger partial charge in [-0.2, -0.15) is 5.10 Å². The average Bonchev–Trinajstić information content (AvgIpc) is 2.48. The van der Waals surface area contributed by atoms with Crippen LogP contribution in [-0.4, -0.2) is 17.0 Å². The van der Waals surface area contributed by atoms with Crippen LogP contribution in [0.2, 0.25) is 0 Å². The number of hydrogen-bond donors (Lipinski definition) is 1. The summed E-state index contributed by atoms with van der Waals surface area (Å²) in [6.07, 6.45) is 6.63. The fourth-order valence-corrected chi connectivity index (χ4v) is 2.35. The molecular weight excluding hydrogens is 258 g/mol. The number of rotatable bonds is 4. The van der Waals surface area contributed by atoms with Gasteiger partial charge in [0.1, 0.15) is 0 Å². The monoisotopic (exact) mass is 275 g/mol. The van der Waals surface area contributed by atoms with Crippen molar-refractivity contribution < 1.29 is 9.72 Å². The van der Waals surface area contributed by atoms with Gasteiger partial charge in [-0.15, -0.1) is 0 Å². The molecule has 1 saturated carbocycles. The number of non-ortho nitro benzene ring substituents is 1. The van der Waals surface area contributed by atoms with Crippen LogP contribution in [0.5, 0.6) is 0 Å². The van der Waals surface area contributed by atoms with E-state index < -0.39 is 4.92 Å². The number of hydrogen-bond acceptors (Lipinski definition) is 4. The highest BCUT2D eigenvalue weighted by molar-refractivity contribution is 5.83. The molecule has 20 heavy (non-hydrogen) atoms. The Bertz CT molecular complexity index is 522. The van der Waals surface area contributed by atoms with Crippen LogP contribution in [-0.2, 0) is 4.79 Å². The molecule has 0 saturated heterocycles. The molecule has 1 aliphatic carbocycles. The van der Waals surface area contributed by atoms with Crippen LogP contribution in [0.3, 0.4) is 0 Å². The lowest BCUT2D eigenvalue weighted by molar-refractivity contribution is -0.384. The lowest BCUT2D eigenvalue weighted by atomic mass is 9.89. The van der Waals surface area contributed by atoms with Gasteiger partial charge in [0.05, 0.1) is 11.1 Å². The number of benzene rings is 1. The van der Waals surface area contributed by atoms with Crippen LogP contribution >= 0.6 is 0 Å². The van der Waals surface area contributed by atoms with E-state index in [0.29, 0.717) is 5.56 Å². The van der Waals surface area contributed by atoms with Crippen LogP contribution in [0.1, 0.15) is 37.7 Å². The molecule has 1 aromatic carbocycles. The molecule has 1 N–H and O–H groups in total. The van der Waals surface area contributed by atoms with Crippen molar-refractivity contribution in [3.63, 3.8) is 0 Å². The highest BCUT2D eigenvalue weighted by Gasteiger charge is 2.20. The molecule has 0 bridgehead atoms. The van der Waals surface area contributed by atoms with Gasteiger partial charge in [-0.3, -0.25) is 14.9 Å². The van der Waals surface area contributed by atoms with Crippen LogP contribution < -0.4 is 5.43 Å². The number of nitro groups is 1. The Kier molecular flexibility index (Phi) is 4.81. The highest BCUT2D eigenvalue weighted by Crippen LogP contribution is 2.23. The van der Waals surface area contributed by atoms with E-state index in [-0.39, 0.29) is 17.5 Å². The Hall–Kier alpha value is -2.24. The Morgan fingerprint density at radius 1 is 1.35 bits per heavy atom. The molecule has 1 fully saturated rings. The van der Waals surface area contributed by atoms with E-state index in [9.17, 15) is 14.9 Å². The lowest BCUT2D eigenvalue weighted by Crippen LogP contribution is -2.28. The zero-order valence-electron chi connectivity index (χ0n) is 11.1. The molecule has 6 heteroatoms. The van der Waals surface area contributed by atoms with Gasteiger partial charge in [-0.1, -0.05) is 31.4 Å². The quantitative estimate of drug-likeness (QED) is 0.520. The van der Waals surface area contributed by atoms with E-state index in [1.54, 1.807) is 12.1 Å². The van der Waals surface area contributed by atoms with E-state index >= 15 is 0 Å². The topological polar surface area (TPSA) is 84.6 Å². The summed E-state index contributed by atoms with van der Waals surface area (Å²) >= 11 is 0. The second kappa shape index (κ2) is 6.79. The summed E-state index contributed by atoms with van der Waals surface area (Å²) < 4.78 is 0. The molecule has 0 radical (unpaired) electrons. The van der Waals surface area contributed by atoms with Crippen molar-refractivity contribution in [2.45, 2.75) is 32.1 Å². The maximum Gasteiger partial charge on any atom is 0.270 e. The van der Waals surface area contributed by atoms with Crippen LogP contribution in [0.15, 0.2) is 29.4 Å². The maximum absolute atomic E-state index is 11.8. The van der Waals surface area contributed by atoms with Crippen molar-refractivity contribution in [2.75, 3.05) is 0 Å². The van der Waals surface area contributed by atoms with Gasteiger partial charge in [-0.05, 0) is 12.8 Å². The minimum Gasteiger partial charge on any atom is -0.273 e. The fourth-order valence-electron chi connectivity index (χ4n) is 2.35. The highest BCUT2D eigenvalue weighted by atomic mass is 16.6. The Morgan fingerprint density at radius 2 is 2.10 bits per heavy atom. The standard InChI is InChI=1S/C14H17N3O3/c18-14(12-6-2-1-3-7-12)16-15-10-11-5-4-8-13(9-11)17(19)20/h4-5,8-10,12H,1-3,6-7H2,(H,16,18)/b15-10-. The average molecular weight is 275 g/mol. The van der Waals surface area contributed by atoms with Gasteiger partial charge < -0.3 is 0 Å². The van der Waals surface area contributed by atoms with Crippen molar-refractivity contribution in [3.8, 4) is 0 Å². The van der Waals surface area contributed by atoms with Crippen molar-refractivity contribution in [2.24, 2.45) is 11.0 Å². The second-order valence-corrected chi connectivity index (χ2v) is 4.92. The van der Waals surface area contributed by atoms with Gasteiger partial charge in [0.15, 0.2) is 0 Å². The summed E-state index contributed by atoms with van der Waals surface area (Å²) in [6, 6.07) is 6.11. The predicted molar refractivity (Wildman–Crippen MR) is 75.4 cm³/mol. The number of nitrogens with zero attached hydrogens (tertiary/aromatic N) is 2. The fraction of sp³-hybridized carbons (Fsp3) is 0.429. The van der Waals surface area contributed by atoms with E-state index in [1.165, 1.54) is 24.8 Å². The van der Waals surface area contributed by atoms with Gasteiger partial charge >= 0.3 is 0 Å². The van der Waals surface area contributed by atoms with Crippen LogP contribution in [0.4, 0.5) is 5.69 Å². The normalized spacial score (nSPS) is 16.2. The summed E-state index contributed by atoms with van der Waals surface area (Å²) in [6.45, 7) is 0. The smallest absolute Gasteiger partial charge is 0.270 e. The lowest BCUT2D eigenvalue weighted by Gasteiger charge is -2.19. The summed E-state index contributed by atoms with van der Waals surface area (Å²) in [5.74, 6) is -0.0163.